The van der Waals surface area contributed by atoms with Crippen molar-refractivity contribution in [3.05, 3.63) is 58.8 Å². The first kappa shape index (κ1) is 16.9. The third-order valence-corrected chi connectivity index (χ3v) is 3.80. The summed E-state index contributed by atoms with van der Waals surface area (Å²) in [5.41, 5.74) is -0.412. The highest BCUT2D eigenvalue weighted by molar-refractivity contribution is 6.08. The second-order valence-corrected chi connectivity index (χ2v) is 5.14. The highest BCUT2D eigenvalue weighted by Gasteiger charge is 2.30. The Balaban J connectivity index is 2.57. The molecule has 1 N–H and O–H groups in total. The Morgan fingerprint density at radius 2 is 1.73 bits per heavy atom. The third-order valence-electron chi connectivity index (χ3n) is 3.80. The molecule has 0 bridgehead atoms. The Labute approximate surface area is 147 Å². The summed E-state index contributed by atoms with van der Waals surface area (Å²) in [6.07, 6.45) is 1.29. The number of esters is 2. The molecule has 1 aromatic carbocycles. The highest BCUT2D eigenvalue weighted by Crippen LogP contribution is 2.22. The number of hydrogen-bond donors (Lipinski definition) is 1. The van der Waals surface area contributed by atoms with Crippen molar-refractivity contribution >= 4 is 17.6 Å². The number of pyridine rings is 1. The summed E-state index contributed by atoms with van der Waals surface area (Å²) in [4.78, 5) is 24.8. The Hall–Kier alpha value is -3.93. The van der Waals surface area contributed by atoms with Gasteiger partial charge in [0.2, 0.25) is 0 Å². The van der Waals surface area contributed by atoms with E-state index >= 15 is 0 Å². The van der Waals surface area contributed by atoms with Crippen molar-refractivity contribution in [1.82, 2.24) is 14.2 Å². The average molecular weight is 351 g/mol. The van der Waals surface area contributed by atoms with Crippen LogP contribution in [0.1, 0.15) is 26.3 Å². The number of carbonyl (C=O) groups excluding carboxylic acids is 2. The van der Waals surface area contributed by atoms with Crippen molar-refractivity contribution in [2.45, 2.75) is 0 Å². The molecule has 0 radical (unpaired) electrons. The number of nitriles is 1. The predicted octanol–water partition coefficient (Wildman–Crippen LogP) is 1.05. The lowest BCUT2D eigenvalue weighted by atomic mass is 10.0. The molecule has 130 valence electrons. The fourth-order valence-corrected chi connectivity index (χ4v) is 2.65. The number of benzene rings is 1. The van der Waals surface area contributed by atoms with Gasteiger partial charge in [-0.1, -0.05) is 18.2 Å². The van der Waals surface area contributed by atoms with Crippen molar-refractivity contribution in [3.8, 4) is 11.8 Å². The second kappa shape index (κ2) is 6.52. The minimum atomic E-state index is -0.918. The summed E-state index contributed by atoms with van der Waals surface area (Å²) >= 11 is 0. The van der Waals surface area contributed by atoms with Gasteiger partial charge in [-0.05, 0) is 12.1 Å². The van der Waals surface area contributed by atoms with E-state index in [1.807, 2.05) is 6.07 Å². The van der Waals surface area contributed by atoms with Gasteiger partial charge in [-0.2, -0.15) is 10.4 Å². The lowest BCUT2D eigenvalue weighted by Crippen LogP contribution is -2.26. The van der Waals surface area contributed by atoms with Gasteiger partial charge in [0.1, 0.15) is 23.5 Å². The van der Waals surface area contributed by atoms with Crippen LogP contribution in [-0.4, -0.2) is 40.3 Å². The first-order valence-electron chi connectivity index (χ1n) is 7.38. The van der Waals surface area contributed by atoms with Gasteiger partial charge >= 0.3 is 11.9 Å². The summed E-state index contributed by atoms with van der Waals surface area (Å²) in [6.45, 7) is 0. The lowest BCUT2D eigenvalue weighted by molar-refractivity contribution is 0.0555. The topological polar surface area (TPSA) is 122 Å². The molecule has 26 heavy (non-hydrogen) atoms. The number of fused-ring (bicyclic) bond motifs is 1. The predicted molar refractivity (Wildman–Crippen MR) is 87.8 cm³/mol. The van der Waals surface area contributed by atoms with Crippen LogP contribution in [-0.2, 0) is 9.47 Å². The first-order chi connectivity index (χ1) is 12.5. The van der Waals surface area contributed by atoms with Crippen LogP contribution in [0.2, 0.25) is 0 Å². The minimum Gasteiger partial charge on any atom is -0.465 e. The van der Waals surface area contributed by atoms with Crippen molar-refractivity contribution in [2.75, 3.05) is 14.2 Å². The van der Waals surface area contributed by atoms with E-state index in [1.54, 1.807) is 30.3 Å². The number of nitrogens with zero attached hydrogens (tertiary/aromatic N) is 4. The molecule has 0 aliphatic heterocycles. The van der Waals surface area contributed by atoms with Crippen molar-refractivity contribution in [3.63, 3.8) is 0 Å². The monoisotopic (exact) mass is 351 g/mol. The van der Waals surface area contributed by atoms with Gasteiger partial charge in [-0.25, -0.2) is 14.3 Å². The molecule has 0 spiro atoms. The molecule has 2 heterocycles. The molecule has 0 saturated heterocycles. The summed E-state index contributed by atoms with van der Waals surface area (Å²) in [5.74, 6) is -1.77. The molecule has 0 aliphatic rings. The molecular formula is C17H13N5O4. The van der Waals surface area contributed by atoms with E-state index in [4.69, 9.17) is 14.9 Å². The van der Waals surface area contributed by atoms with Crippen molar-refractivity contribution < 1.29 is 19.1 Å². The van der Waals surface area contributed by atoms with Gasteiger partial charge in [0, 0.05) is 0 Å². The second-order valence-electron chi connectivity index (χ2n) is 5.14. The lowest BCUT2D eigenvalue weighted by Gasteiger charge is -2.12. The van der Waals surface area contributed by atoms with Crippen LogP contribution < -0.4 is 5.49 Å². The van der Waals surface area contributed by atoms with E-state index in [0.29, 0.717) is 5.69 Å². The average Bonchev–Trinajstić information content (AvgIpc) is 3.12. The van der Waals surface area contributed by atoms with E-state index in [1.165, 1.54) is 15.4 Å². The van der Waals surface area contributed by atoms with Crippen LogP contribution in [0.5, 0.6) is 0 Å². The molecule has 0 fully saturated rings. The van der Waals surface area contributed by atoms with Gasteiger partial charge < -0.3 is 9.47 Å². The molecule has 0 amide bonds. The smallest absolute Gasteiger partial charge is 0.342 e. The number of hydrogen-bond acceptors (Lipinski definition) is 7. The Bertz CT molecular complexity index is 1120. The maximum atomic E-state index is 12.5. The Kier molecular flexibility index (Phi) is 4.24. The Morgan fingerprint density at radius 3 is 2.31 bits per heavy atom. The van der Waals surface area contributed by atoms with Crippen LogP contribution in [0.3, 0.4) is 0 Å². The van der Waals surface area contributed by atoms with Crippen molar-refractivity contribution in [1.29, 1.82) is 10.7 Å². The van der Waals surface area contributed by atoms with E-state index in [-0.39, 0.29) is 27.8 Å². The maximum absolute atomic E-state index is 12.5. The Morgan fingerprint density at radius 1 is 1.12 bits per heavy atom. The molecule has 2 aromatic heterocycles. The number of para-hydroxylation sites is 1. The van der Waals surface area contributed by atoms with E-state index in [2.05, 4.69) is 5.10 Å². The van der Waals surface area contributed by atoms with Gasteiger partial charge in [-0.15, -0.1) is 0 Å². The minimum absolute atomic E-state index is 0.118. The van der Waals surface area contributed by atoms with Gasteiger partial charge in [0.15, 0.2) is 11.1 Å². The van der Waals surface area contributed by atoms with Gasteiger partial charge in [-0.3, -0.25) is 9.81 Å². The zero-order valence-corrected chi connectivity index (χ0v) is 13.9. The van der Waals surface area contributed by atoms with Gasteiger partial charge in [0.05, 0.1) is 25.5 Å². The maximum Gasteiger partial charge on any atom is 0.342 e. The fraction of sp³-hybridized carbons (Fsp3) is 0.118. The standard InChI is InChI=1S/C17H13N5O4/c1-25-16(23)12-11(8-18)14(19)21-9-20-22(10-6-4-3-5-7-10)15(21)13(12)17(24)26-2/h3-7,9,19H,1-2H3. The molecule has 3 aromatic rings. The van der Waals surface area contributed by atoms with Crippen LogP contribution >= 0.6 is 0 Å². The van der Waals surface area contributed by atoms with Crippen LogP contribution in [0, 0.1) is 16.7 Å². The number of ether oxygens (including phenoxy) is 2. The number of nitrogens with one attached hydrogen (secondary N) is 1. The van der Waals surface area contributed by atoms with Gasteiger partial charge in [0.25, 0.3) is 0 Å². The summed E-state index contributed by atoms with van der Waals surface area (Å²) < 4.78 is 12.2. The van der Waals surface area contributed by atoms with Crippen molar-refractivity contribution in [2.24, 2.45) is 0 Å². The molecule has 0 atom stereocenters. The quantitative estimate of drug-likeness (QED) is 0.704. The number of carbonyl (C=O) groups is 2. The van der Waals surface area contributed by atoms with E-state index in [0.717, 1.165) is 14.2 Å². The third kappa shape index (κ3) is 2.41. The number of methoxy groups -OCH3 is 2. The SMILES string of the molecule is COC(=O)c1c(C#N)c(=N)n2cnn(-c3ccccc3)c2c1C(=O)OC. The van der Waals surface area contributed by atoms with E-state index in [9.17, 15) is 14.9 Å². The zero-order valence-electron chi connectivity index (χ0n) is 13.9. The number of aromatic nitrogens is 3. The molecule has 0 unspecified atom stereocenters. The molecule has 9 nitrogen and oxygen atoms in total. The molecule has 0 aliphatic carbocycles. The molecular weight excluding hydrogens is 338 g/mol. The molecule has 9 heteroatoms. The summed E-state index contributed by atoms with van der Waals surface area (Å²) in [6, 6.07) is 10.6. The first-order valence-corrected chi connectivity index (χ1v) is 7.38. The molecule has 3 rings (SSSR count). The summed E-state index contributed by atoms with van der Waals surface area (Å²) in [7, 11) is 2.28. The van der Waals surface area contributed by atoms with E-state index < -0.39 is 11.9 Å². The number of rotatable bonds is 3. The largest absolute Gasteiger partial charge is 0.465 e. The fourth-order valence-electron chi connectivity index (χ4n) is 2.65. The van der Waals surface area contributed by atoms with Crippen LogP contribution in [0.4, 0.5) is 0 Å². The zero-order chi connectivity index (χ0) is 18.8. The normalized spacial score (nSPS) is 10.3. The highest BCUT2D eigenvalue weighted by atomic mass is 16.5. The van der Waals surface area contributed by atoms with Crippen LogP contribution in [0.25, 0.3) is 11.3 Å². The van der Waals surface area contributed by atoms with Crippen LogP contribution in [0.15, 0.2) is 36.7 Å². The summed E-state index contributed by atoms with van der Waals surface area (Å²) in [5, 5.41) is 21.9. The molecule has 0 saturated carbocycles.